The second-order valence-electron chi connectivity index (χ2n) is 9.12. The van der Waals surface area contributed by atoms with Crippen molar-refractivity contribution in [1.29, 1.82) is 0 Å². The molecular formula is C22H26ClFN2O4. The van der Waals surface area contributed by atoms with Crippen LogP contribution in [-0.2, 0) is 12.1 Å². The lowest BCUT2D eigenvalue weighted by molar-refractivity contribution is 0.0564. The summed E-state index contributed by atoms with van der Waals surface area (Å²) >= 11 is 0. The van der Waals surface area contributed by atoms with Crippen molar-refractivity contribution >= 4 is 24.1 Å². The SMILES string of the molecule is CC(C)(C)C(=O)c1cn2c(c(O)c1=O)C(=O)N(Cc1ccc(F)cc1)CC2(C)C.Cl. The first-order chi connectivity index (χ1) is 13.3. The van der Waals surface area contributed by atoms with E-state index in [1.165, 1.54) is 27.8 Å². The van der Waals surface area contributed by atoms with Crippen LogP contribution in [0.4, 0.5) is 4.39 Å². The molecule has 1 aromatic carbocycles. The van der Waals surface area contributed by atoms with Crippen LogP contribution in [0.3, 0.4) is 0 Å². The largest absolute Gasteiger partial charge is 0.503 e. The Bertz CT molecular complexity index is 1050. The van der Waals surface area contributed by atoms with Crippen molar-refractivity contribution in [2.24, 2.45) is 5.41 Å². The Morgan fingerprint density at radius 2 is 1.73 bits per heavy atom. The number of carbonyl (C=O) groups excluding carboxylic acids is 2. The number of Topliss-reactive ketones (excluding diaryl/α,β-unsaturated/α-hetero) is 1. The molecule has 1 aromatic heterocycles. The number of hydrogen-bond acceptors (Lipinski definition) is 4. The van der Waals surface area contributed by atoms with E-state index in [-0.39, 0.29) is 36.0 Å². The number of halogens is 2. The van der Waals surface area contributed by atoms with Crippen molar-refractivity contribution in [2.75, 3.05) is 6.54 Å². The van der Waals surface area contributed by atoms with Crippen LogP contribution in [0, 0.1) is 11.2 Å². The summed E-state index contributed by atoms with van der Waals surface area (Å²) in [6.07, 6.45) is 1.39. The zero-order valence-electron chi connectivity index (χ0n) is 17.7. The average Bonchev–Trinajstić information content (AvgIpc) is 2.62. The number of pyridine rings is 1. The third-order valence-corrected chi connectivity index (χ3v) is 5.12. The van der Waals surface area contributed by atoms with Gasteiger partial charge in [-0.3, -0.25) is 14.4 Å². The Balaban J connectivity index is 0.00000320. The van der Waals surface area contributed by atoms with E-state index >= 15 is 0 Å². The molecule has 2 aromatic rings. The van der Waals surface area contributed by atoms with E-state index in [1.807, 2.05) is 13.8 Å². The molecule has 0 saturated heterocycles. The van der Waals surface area contributed by atoms with Gasteiger partial charge in [0.05, 0.1) is 11.1 Å². The van der Waals surface area contributed by atoms with Gasteiger partial charge in [0.25, 0.3) is 5.91 Å². The maximum Gasteiger partial charge on any atom is 0.274 e. The quantitative estimate of drug-likeness (QED) is 0.743. The Morgan fingerprint density at radius 3 is 2.27 bits per heavy atom. The zero-order valence-corrected chi connectivity index (χ0v) is 18.5. The molecule has 0 spiro atoms. The minimum absolute atomic E-state index is 0. The fraction of sp³-hybridized carbons (Fsp3) is 0.409. The molecule has 0 saturated carbocycles. The van der Waals surface area contributed by atoms with Gasteiger partial charge in [-0.25, -0.2) is 4.39 Å². The molecule has 1 aliphatic rings. The van der Waals surface area contributed by atoms with Gasteiger partial charge < -0.3 is 14.6 Å². The molecule has 30 heavy (non-hydrogen) atoms. The van der Waals surface area contributed by atoms with Crippen LogP contribution < -0.4 is 5.43 Å². The van der Waals surface area contributed by atoms with Gasteiger partial charge in [0.15, 0.2) is 17.2 Å². The average molecular weight is 437 g/mol. The van der Waals surface area contributed by atoms with Gasteiger partial charge in [0.1, 0.15) is 5.82 Å². The summed E-state index contributed by atoms with van der Waals surface area (Å²) in [5.41, 5.74) is -1.88. The molecule has 6 nitrogen and oxygen atoms in total. The Kier molecular flexibility index (Phi) is 6.19. The monoisotopic (exact) mass is 436 g/mol. The van der Waals surface area contributed by atoms with Crippen molar-refractivity contribution in [1.82, 2.24) is 9.47 Å². The number of nitrogens with zero attached hydrogens (tertiary/aromatic N) is 2. The smallest absolute Gasteiger partial charge is 0.274 e. The topological polar surface area (TPSA) is 79.6 Å². The number of aromatic hydroxyl groups is 1. The van der Waals surface area contributed by atoms with E-state index in [4.69, 9.17) is 0 Å². The van der Waals surface area contributed by atoms with Crippen LogP contribution in [-0.4, -0.2) is 32.8 Å². The van der Waals surface area contributed by atoms with E-state index in [0.717, 1.165) is 5.56 Å². The highest BCUT2D eigenvalue weighted by molar-refractivity contribution is 6.02. The van der Waals surface area contributed by atoms with Gasteiger partial charge in [-0.15, -0.1) is 12.4 Å². The first-order valence-electron chi connectivity index (χ1n) is 9.40. The van der Waals surface area contributed by atoms with Crippen LogP contribution in [0.25, 0.3) is 0 Å². The van der Waals surface area contributed by atoms with E-state index < -0.39 is 33.8 Å². The lowest BCUT2D eigenvalue weighted by Gasteiger charge is -2.41. The number of aromatic nitrogens is 1. The van der Waals surface area contributed by atoms with Crippen molar-refractivity contribution in [2.45, 2.75) is 46.7 Å². The molecular weight excluding hydrogens is 411 g/mol. The summed E-state index contributed by atoms with van der Waals surface area (Å²) in [6.45, 7) is 9.29. The molecule has 0 bridgehead atoms. The van der Waals surface area contributed by atoms with E-state index in [0.29, 0.717) is 6.54 Å². The fourth-order valence-corrected chi connectivity index (χ4v) is 3.55. The maximum atomic E-state index is 13.2. The Hall–Kier alpha value is -2.67. The molecule has 8 heteroatoms. The zero-order chi connectivity index (χ0) is 21.7. The molecule has 1 N–H and O–H groups in total. The lowest BCUT2D eigenvalue weighted by atomic mass is 9.86. The van der Waals surface area contributed by atoms with Crippen LogP contribution in [0.5, 0.6) is 5.75 Å². The third kappa shape index (κ3) is 4.12. The van der Waals surface area contributed by atoms with Crippen molar-refractivity contribution in [3.05, 3.63) is 63.3 Å². The predicted molar refractivity (Wildman–Crippen MR) is 114 cm³/mol. The standard InChI is InChI=1S/C22H25FN2O4.ClH/c1-21(2,3)19(28)15-11-25-16(18(27)17(15)26)20(29)24(12-22(25,4)5)10-13-6-8-14(23)9-7-13;/h6-9,11,27H,10,12H2,1-5H3;1H. The van der Waals surface area contributed by atoms with E-state index in [2.05, 4.69) is 0 Å². The lowest BCUT2D eigenvalue weighted by Crippen LogP contribution is -2.51. The number of hydrogen-bond donors (Lipinski definition) is 1. The Morgan fingerprint density at radius 1 is 1.17 bits per heavy atom. The Labute approximate surface area is 180 Å². The van der Waals surface area contributed by atoms with Gasteiger partial charge in [0.2, 0.25) is 5.43 Å². The van der Waals surface area contributed by atoms with Crippen molar-refractivity contribution < 1.29 is 19.1 Å². The third-order valence-electron chi connectivity index (χ3n) is 5.12. The molecule has 0 atom stereocenters. The van der Waals surface area contributed by atoms with Crippen molar-refractivity contribution in [3.63, 3.8) is 0 Å². The summed E-state index contributed by atoms with van der Waals surface area (Å²) in [6, 6.07) is 5.80. The molecule has 162 valence electrons. The minimum Gasteiger partial charge on any atom is -0.503 e. The van der Waals surface area contributed by atoms with Crippen LogP contribution >= 0.6 is 12.4 Å². The molecule has 1 amide bonds. The molecule has 0 unspecified atom stereocenters. The van der Waals surface area contributed by atoms with E-state index in [9.17, 15) is 23.9 Å². The van der Waals surface area contributed by atoms with E-state index in [1.54, 1.807) is 32.9 Å². The molecule has 1 aliphatic heterocycles. The molecule has 0 fully saturated rings. The first kappa shape index (κ1) is 23.6. The highest BCUT2D eigenvalue weighted by atomic mass is 35.5. The number of ketones is 1. The molecule has 3 rings (SSSR count). The second-order valence-corrected chi connectivity index (χ2v) is 9.12. The summed E-state index contributed by atoms with van der Waals surface area (Å²) in [7, 11) is 0. The van der Waals surface area contributed by atoms with Crippen LogP contribution in [0.2, 0.25) is 0 Å². The number of benzene rings is 1. The minimum atomic E-state index is -0.844. The fourth-order valence-electron chi connectivity index (χ4n) is 3.55. The van der Waals surface area contributed by atoms with Crippen molar-refractivity contribution in [3.8, 4) is 5.75 Å². The van der Waals surface area contributed by atoms with Gasteiger partial charge in [0, 0.05) is 24.7 Å². The normalized spacial score (nSPS) is 15.4. The number of rotatable bonds is 3. The van der Waals surface area contributed by atoms with Gasteiger partial charge in [-0.05, 0) is 31.5 Å². The summed E-state index contributed by atoms with van der Waals surface area (Å²) < 4.78 is 14.7. The highest BCUT2D eigenvalue weighted by Gasteiger charge is 2.40. The van der Waals surface area contributed by atoms with Crippen LogP contribution in [0.15, 0.2) is 35.3 Å². The summed E-state index contributed by atoms with van der Waals surface area (Å²) in [5, 5.41) is 10.6. The van der Waals surface area contributed by atoms with Gasteiger partial charge in [-0.1, -0.05) is 32.9 Å². The molecule has 2 heterocycles. The highest BCUT2D eigenvalue weighted by Crippen LogP contribution is 2.32. The number of amides is 1. The summed E-state index contributed by atoms with van der Waals surface area (Å²) in [4.78, 5) is 40.0. The second kappa shape index (κ2) is 7.87. The van der Waals surface area contributed by atoms with Gasteiger partial charge >= 0.3 is 0 Å². The first-order valence-corrected chi connectivity index (χ1v) is 9.40. The predicted octanol–water partition coefficient (Wildman–Crippen LogP) is 3.73. The molecule has 0 radical (unpaired) electrons. The number of fused-ring (bicyclic) bond motifs is 1. The molecule has 0 aliphatic carbocycles. The van der Waals surface area contributed by atoms with Crippen LogP contribution in [0.1, 0.15) is 61.0 Å². The summed E-state index contributed by atoms with van der Waals surface area (Å²) in [5.74, 6) is -2.00. The maximum absolute atomic E-state index is 13.2. The van der Waals surface area contributed by atoms with Gasteiger partial charge in [-0.2, -0.15) is 0 Å². The number of carbonyl (C=O) groups is 2.